The summed E-state index contributed by atoms with van der Waals surface area (Å²) in [6.45, 7) is 1.96. The van der Waals surface area contributed by atoms with Crippen LogP contribution in [0.1, 0.15) is 18.1 Å². The minimum absolute atomic E-state index is 0.240. The Balaban J connectivity index is 2.21. The first-order valence-corrected chi connectivity index (χ1v) is 6.89. The summed E-state index contributed by atoms with van der Waals surface area (Å²) in [5.41, 5.74) is 3.61. The molecule has 0 bridgehead atoms. The average molecular weight is 269 g/mol. The zero-order chi connectivity index (χ0) is 13.2. The number of rotatable bonds is 1. The van der Waals surface area contributed by atoms with E-state index in [-0.39, 0.29) is 5.82 Å². The van der Waals surface area contributed by atoms with Gasteiger partial charge in [0.05, 0.1) is 5.71 Å². The molecule has 0 aliphatic carbocycles. The predicted molar refractivity (Wildman–Crippen MR) is 78.1 cm³/mol. The molecule has 1 nitrogen and oxygen atoms in total. The van der Waals surface area contributed by atoms with Crippen molar-refractivity contribution in [2.45, 2.75) is 11.8 Å². The molecule has 1 aliphatic heterocycles. The largest absolute Gasteiger partial charge is 0.252 e. The van der Waals surface area contributed by atoms with Crippen molar-refractivity contribution < 1.29 is 4.39 Å². The third kappa shape index (κ3) is 2.47. The lowest BCUT2D eigenvalue weighted by Crippen LogP contribution is -2.04. The Labute approximate surface area is 115 Å². The van der Waals surface area contributed by atoms with E-state index in [0.717, 1.165) is 27.4 Å². The summed E-state index contributed by atoms with van der Waals surface area (Å²) < 4.78 is 13.4. The van der Waals surface area contributed by atoms with Gasteiger partial charge in [0.15, 0.2) is 0 Å². The van der Waals surface area contributed by atoms with Gasteiger partial charge < -0.3 is 0 Å². The summed E-state index contributed by atoms with van der Waals surface area (Å²) in [5.74, 6) is -0.240. The van der Waals surface area contributed by atoms with Gasteiger partial charge in [0, 0.05) is 21.7 Å². The van der Waals surface area contributed by atoms with E-state index in [4.69, 9.17) is 0 Å². The lowest BCUT2D eigenvalue weighted by molar-refractivity contribution is 0.627. The number of benzene rings is 2. The Morgan fingerprint density at radius 1 is 1.05 bits per heavy atom. The van der Waals surface area contributed by atoms with Crippen LogP contribution in [-0.2, 0) is 0 Å². The molecule has 19 heavy (non-hydrogen) atoms. The summed E-state index contributed by atoms with van der Waals surface area (Å²) in [5, 5.41) is 2.02. The molecule has 3 rings (SSSR count). The van der Waals surface area contributed by atoms with E-state index in [1.165, 1.54) is 12.1 Å². The summed E-state index contributed by atoms with van der Waals surface area (Å²) in [6, 6.07) is 14.7. The molecule has 2 aromatic carbocycles. The molecular weight excluding hydrogens is 257 g/mol. The minimum atomic E-state index is -0.240. The fourth-order valence-electron chi connectivity index (χ4n) is 2.03. The Hall–Kier alpha value is -1.87. The van der Waals surface area contributed by atoms with E-state index >= 15 is 0 Å². The van der Waals surface area contributed by atoms with Crippen LogP contribution in [0.5, 0.6) is 0 Å². The fraction of sp³-hybridized carbons (Fsp3) is 0.0625. The second kappa shape index (κ2) is 5.02. The molecule has 0 amide bonds. The van der Waals surface area contributed by atoms with Gasteiger partial charge in [-0.25, -0.2) is 4.39 Å². The van der Waals surface area contributed by atoms with Crippen molar-refractivity contribution in [3.63, 3.8) is 0 Å². The zero-order valence-electron chi connectivity index (χ0n) is 10.4. The fourth-order valence-corrected chi connectivity index (χ4v) is 2.83. The molecule has 0 unspecified atom stereocenters. The van der Waals surface area contributed by atoms with Crippen LogP contribution in [0.3, 0.4) is 0 Å². The second-order valence-corrected chi connectivity index (χ2v) is 5.26. The summed E-state index contributed by atoms with van der Waals surface area (Å²) in [7, 11) is 0. The van der Waals surface area contributed by atoms with Gasteiger partial charge in [-0.05, 0) is 30.5 Å². The molecule has 1 heterocycles. The average Bonchev–Trinajstić information content (AvgIpc) is 2.59. The van der Waals surface area contributed by atoms with Crippen LogP contribution in [0.2, 0.25) is 0 Å². The second-order valence-electron chi connectivity index (χ2n) is 4.34. The van der Waals surface area contributed by atoms with E-state index in [2.05, 4.69) is 11.1 Å². The Bertz CT molecular complexity index is 689. The lowest BCUT2D eigenvalue weighted by Gasteiger charge is -2.09. The van der Waals surface area contributed by atoms with E-state index in [1.807, 2.05) is 36.6 Å². The van der Waals surface area contributed by atoms with Crippen molar-refractivity contribution in [1.29, 1.82) is 0 Å². The molecule has 0 saturated heterocycles. The molecule has 3 heteroatoms. The van der Waals surface area contributed by atoms with Crippen molar-refractivity contribution in [1.82, 2.24) is 0 Å². The molecule has 0 N–H and O–H groups in total. The van der Waals surface area contributed by atoms with E-state index in [0.29, 0.717) is 0 Å². The maximum Gasteiger partial charge on any atom is 0.123 e. The Morgan fingerprint density at radius 2 is 1.89 bits per heavy atom. The number of hydrogen-bond donors (Lipinski definition) is 0. The van der Waals surface area contributed by atoms with E-state index in [1.54, 1.807) is 17.8 Å². The highest BCUT2D eigenvalue weighted by molar-refractivity contribution is 8.02. The van der Waals surface area contributed by atoms with Gasteiger partial charge in [0.2, 0.25) is 0 Å². The molecule has 0 spiro atoms. The highest BCUT2D eigenvalue weighted by atomic mass is 32.2. The maximum atomic E-state index is 13.4. The summed E-state index contributed by atoms with van der Waals surface area (Å²) in [6.07, 6.45) is 0. The third-order valence-corrected chi connectivity index (χ3v) is 3.95. The SMILES string of the molecule is CC1=CSc2ccccc2C(c2cccc(F)c2)=N1. The van der Waals surface area contributed by atoms with Gasteiger partial charge in [-0.2, -0.15) is 0 Å². The van der Waals surface area contributed by atoms with Crippen molar-refractivity contribution in [2.75, 3.05) is 0 Å². The normalized spacial score (nSPS) is 14.2. The molecule has 0 saturated carbocycles. The molecule has 2 aromatic rings. The molecule has 0 fully saturated rings. The highest BCUT2D eigenvalue weighted by Crippen LogP contribution is 2.30. The number of thioether (sulfide) groups is 1. The standard InChI is InChI=1S/C16H12FNS/c1-11-10-19-15-8-3-2-7-14(15)16(18-11)12-5-4-6-13(17)9-12/h2-10H,1H3. The number of allylic oxidation sites excluding steroid dienone is 1. The third-order valence-electron chi connectivity index (χ3n) is 2.88. The smallest absolute Gasteiger partial charge is 0.123 e. The van der Waals surface area contributed by atoms with Gasteiger partial charge in [0.1, 0.15) is 5.82 Å². The van der Waals surface area contributed by atoms with E-state index < -0.39 is 0 Å². The van der Waals surface area contributed by atoms with Crippen molar-refractivity contribution in [2.24, 2.45) is 4.99 Å². The Kier molecular flexibility index (Phi) is 3.22. The minimum Gasteiger partial charge on any atom is -0.252 e. The van der Waals surface area contributed by atoms with Gasteiger partial charge in [-0.1, -0.05) is 42.1 Å². The van der Waals surface area contributed by atoms with Crippen LogP contribution >= 0.6 is 11.8 Å². The number of halogens is 1. The molecular formula is C16H12FNS. The van der Waals surface area contributed by atoms with Gasteiger partial charge in [-0.15, -0.1) is 0 Å². The zero-order valence-corrected chi connectivity index (χ0v) is 11.2. The van der Waals surface area contributed by atoms with Crippen LogP contribution in [0.15, 0.2) is 69.5 Å². The number of hydrogen-bond acceptors (Lipinski definition) is 2. The van der Waals surface area contributed by atoms with Crippen molar-refractivity contribution in [3.8, 4) is 0 Å². The topological polar surface area (TPSA) is 12.4 Å². The highest BCUT2D eigenvalue weighted by Gasteiger charge is 2.14. The van der Waals surface area contributed by atoms with E-state index in [9.17, 15) is 4.39 Å². The first kappa shape index (κ1) is 12.2. The van der Waals surface area contributed by atoms with Crippen LogP contribution in [0, 0.1) is 5.82 Å². The molecule has 0 aromatic heterocycles. The first-order valence-electron chi connectivity index (χ1n) is 6.01. The van der Waals surface area contributed by atoms with Gasteiger partial charge in [0.25, 0.3) is 0 Å². The summed E-state index contributed by atoms with van der Waals surface area (Å²) >= 11 is 1.65. The predicted octanol–water partition coefficient (Wildman–Crippen LogP) is 4.63. The number of nitrogens with zero attached hydrogens (tertiary/aromatic N) is 1. The monoisotopic (exact) mass is 269 g/mol. The first-order chi connectivity index (χ1) is 9.24. The molecule has 0 atom stereocenters. The quantitative estimate of drug-likeness (QED) is 0.735. The van der Waals surface area contributed by atoms with Crippen molar-refractivity contribution in [3.05, 3.63) is 76.6 Å². The van der Waals surface area contributed by atoms with Crippen LogP contribution in [-0.4, -0.2) is 5.71 Å². The van der Waals surface area contributed by atoms with Crippen LogP contribution in [0.25, 0.3) is 0 Å². The van der Waals surface area contributed by atoms with Crippen molar-refractivity contribution >= 4 is 17.5 Å². The maximum absolute atomic E-state index is 13.4. The number of fused-ring (bicyclic) bond motifs is 1. The number of aliphatic imine (C=N–C) groups is 1. The molecule has 1 aliphatic rings. The van der Waals surface area contributed by atoms with Crippen LogP contribution < -0.4 is 0 Å². The van der Waals surface area contributed by atoms with Gasteiger partial charge in [-0.3, -0.25) is 4.99 Å². The molecule has 94 valence electrons. The van der Waals surface area contributed by atoms with Crippen LogP contribution in [0.4, 0.5) is 4.39 Å². The summed E-state index contributed by atoms with van der Waals surface area (Å²) in [4.78, 5) is 5.76. The van der Waals surface area contributed by atoms with Gasteiger partial charge >= 0.3 is 0 Å². The lowest BCUT2D eigenvalue weighted by atomic mass is 10.0. The Morgan fingerprint density at radius 3 is 2.74 bits per heavy atom. The molecule has 0 radical (unpaired) electrons.